The fraction of sp³-hybridized carbons (Fsp3) is 0.625. The fourth-order valence-corrected chi connectivity index (χ4v) is 2.26. The summed E-state index contributed by atoms with van der Waals surface area (Å²) in [4.78, 5) is 2.41. The van der Waals surface area contributed by atoms with E-state index < -0.39 is 0 Å². The zero-order valence-corrected chi connectivity index (χ0v) is 12.5. The standard InChI is InChI=1S/C16H28N2/c1-6-18(12-11-17)13(2)14-7-9-15(10-8-14)16(3,4)5/h7-10,13H,6,11-12,17H2,1-5H3. The molecule has 0 aliphatic heterocycles. The van der Waals surface area contributed by atoms with Crippen LogP contribution in [0.15, 0.2) is 24.3 Å². The number of nitrogens with zero attached hydrogens (tertiary/aromatic N) is 1. The summed E-state index contributed by atoms with van der Waals surface area (Å²) in [6.07, 6.45) is 0. The van der Waals surface area contributed by atoms with E-state index in [4.69, 9.17) is 5.73 Å². The number of rotatable bonds is 5. The molecule has 1 unspecified atom stereocenters. The second-order valence-corrected chi connectivity index (χ2v) is 5.97. The van der Waals surface area contributed by atoms with Gasteiger partial charge in [0.25, 0.3) is 0 Å². The smallest absolute Gasteiger partial charge is 0.0320 e. The van der Waals surface area contributed by atoms with Gasteiger partial charge in [0.1, 0.15) is 0 Å². The summed E-state index contributed by atoms with van der Waals surface area (Å²) >= 11 is 0. The molecule has 102 valence electrons. The maximum Gasteiger partial charge on any atom is 0.0320 e. The van der Waals surface area contributed by atoms with Crippen LogP contribution in [0.1, 0.15) is 51.8 Å². The first-order valence-electron chi connectivity index (χ1n) is 6.94. The molecule has 0 saturated carbocycles. The van der Waals surface area contributed by atoms with E-state index in [1.165, 1.54) is 11.1 Å². The minimum Gasteiger partial charge on any atom is -0.329 e. The van der Waals surface area contributed by atoms with Crippen molar-refractivity contribution in [1.82, 2.24) is 4.90 Å². The molecular formula is C16H28N2. The van der Waals surface area contributed by atoms with Crippen molar-refractivity contribution >= 4 is 0 Å². The maximum atomic E-state index is 5.66. The van der Waals surface area contributed by atoms with Crippen molar-refractivity contribution in [3.63, 3.8) is 0 Å². The van der Waals surface area contributed by atoms with E-state index in [1.807, 2.05) is 0 Å². The van der Waals surface area contributed by atoms with Crippen LogP contribution < -0.4 is 5.73 Å². The Morgan fingerprint density at radius 3 is 2.11 bits per heavy atom. The second-order valence-electron chi connectivity index (χ2n) is 5.97. The highest BCUT2D eigenvalue weighted by atomic mass is 15.1. The Hall–Kier alpha value is -0.860. The van der Waals surface area contributed by atoms with Gasteiger partial charge in [-0.3, -0.25) is 4.90 Å². The first-order valence-corrected chi connectivity index (χ1v) is 6.94. The molecule has 18 heavy (non-hydrogen) atoms. The van der Waals surface area contributed by atoms with E-state index in [0.29, 0.717) is 6.04 Å². The van der Waals surface area contributed by atoms with Crippen molar-refractivity contribution in [1.29, 1.82) is 0 Å². The average molecular weight is 248 g/mol. The summed E-state index contributed by atoms with van der Waals surface area (Å²) in [5, 5.41) is 0. The highest BCUT2D eigenvalue weighted by molar-refractivity contribution is 5.29. The Morgan fingerprint density at radius 1 is 1.17 bits per heavy atom. The Balaban J connectivity index is 2.84. The van der Waals surface area contributed by atoms with Gasteiger partial charge in [-0.25, -0.2) is 0 Å². The van der Waals surface area contributed by atoms with Gasteiger partial charge in [-0.1, -0.05) is 52.0 Å². The molecule has 1 atom stereocenters. The average Bonchev–Trinajstić information content (AvgIpc) is 2.34. The van der Waals surface area contributed by atoms with E-state index in [-0.39, 0.29) is 5.41 Å². The zero-order chi connectivity index (χ0) is 13.8. The molecule has 1 rings (SSSR count). The van der Waals surface area contributed by atoms with Gasteiger partial charge in [-0.15, -0.1) is 0 Å². The van der Waals surface area contributed by atoms with Crippen LogP contribution in [0.4, 0.5) is 0 Å². The third-order valence-corrected chi connectivity index (χ3v) is 3.63. The monoisotopic (exact) mass is 248 g/mol. The second kappa shape index (κ2) is 6.35. The van der Waals surface area contributed by atoms with Gasteiger partial charge in [0.15, 0.2) is 0 Å². The van der Waals surface area contributed by atoms with Crippen molar-refractivity contribution in [2.75, 3.05) is 19.6 Å². The van der Waals surface area contributed by atoms with Gasteiger partial charge in [-0.05, 0) is 30.0 Å². The van der Waals surface area contributed by atoms with E-state index in [2.05, 4.69) is 63.8 Å². The summed E-state index contributed by atoms with van der Waals surface area (Å²) in [6.45, 7) is 13.9. The molecule has 2 nitrogen and oxygen atoms in total. The highest BCUT2D eigenvalue weighted by Gasteiger charge is 2.16. The lowest BCUT2D eigenvalue weighted by atomic mass is 9.86. The van der Waals surface area contributed by atoms with Crippen molar-refractivity contribution in [2.24, 2.45) is 5.73 Å². The first kappa shape index (κ1) is 15.2. The lowest BCUT2D eigenvalue weighted by Crippen LogP contribution is -2.31. The summed E-state index contributed by atoms with van der Waals surface area (Å²) in [6, 6.07) is 9.45. The van der Waals surface area contributed by atoms with Crippen molar-refractivity contribution in [3.8, 4) is 0 Å². The summed E-state index contributed by atoms with van der Waals surface area (Å²) in [5.41, 5.74) is 8.65. The molecule has 2 heteroatoms. The topological polar surface area (TPSA) is 29.3 Å². The van der Waals surface area contributed by atoms with Crippen molar-refractivity contribution < 1.29 is 0 Å². The number of nitrogens with two attached hydrogens (primary N) is 1. The predicted molar refractivity (Wildman–Crippen MR) is 79.9 cm³/mol. The molecule has 0 amide bonds. The Bertz CT molecular complexity index is 348. The third-order valence-electron chi connectivity index (χ3n) is 3.63. The van der Waals surface area contributed by atoms with Crippen molar-refractivity contribution in [2.45, 2.75) is 46.1 Å². The van der Waals surface area contributed by atoms with Gasteiger partial charge in [0, 0.05) is 19.1 Å². The largest absolute Gasteiger partial charge is 0.329 e. The molecule has 0 fully saturated rings. The van der Waals surface area contributed by atoms with Gasteiger partial charge < -0.3 is 5.73 Å². The number of benzene rings is 1. The van der Waals surface area contributed by atoms with Crippen LogP contribution in [-0.4, -0.2) is 24.5 Å². The minimum atomic E-state index is 0.226. The quantitative estimate of drug-likeness (QED) is 0.866. The lowest BCUT2D eigenvalue weighted by molar-refractivity contribution is 0.228. The van der Waals surface area contributed by atoms with Gasteiger partial charge >= 0.3 is 0 Å². The number of hydrogen-bond acceptors (Lipinski definition) is 2. The first-order chi connectivity index (χ1) is 8.40. The van der Waals surface area contributed by atoms with Crippen LogP contribution in [-0.2, 0) is 5.41 Å². The normalized spacial score (nSPS) is 13.9. The molecule has 1 aromatic rings. The van der Waals surface area contributed by atoms with E-state index >= 15 is 0 Å². The Morgan fingerprint density at radius 2 is 1.72 bits per heavy atom. The predicted octanol–water partition coefficient (Wildman–Crippen LogP) is 3.33. The minimum absolute atomic E-state index is 0.226. The van der Waals surface area contributed by atoms with Crippen LogP contribution in [0.2, 0.25) is 0 Å². The molecule has 0 heterocycles. The van der Waals surface area contributed by atoms with Gasteiger partial charge in [0.05, 0.1) is 0 Å². The summed E-state index contributed by atoms with van der Waals surface area (Å²) in [7, 11) is 0. The van der Waals surface area contributed by atoms with E-state index in [9.17, 15) is 0 Å². The molecule has 0 aliphatic carbocycles. The Labute approximate surface area is 112 Å². The van der Waals surface area contributed by atoms with Crippen LogP contribution in [0.25, 0.3) is 0 Å². The summed E-state index contributed by atoms with van der Waals surface area (Å²) < 4.78 is 0. The zero-order valence-electron chi connectivity index (χ0n) is 12.5. The molecular weight excluding hydrogens is 220 g/mol. The maximum absolute atomic E-state index is 5.66. The molecule has 0 saturated heterocycles. The number of likely N-dealkylation sites (N-methyl/N-ethyl adjacent to an activating group) is 1. The molecule has 0 bridgehead atoms. The number of hydrogen-bond donors (Lipinski definition) is 1. The highest BCUT2D eigenvalue weighted by Crippen LogP contribution is 2.25. The third kappa shape index (κ3) is 3.82. The molecule has 0 aromatic heterocycles. The lowest BCUT2D eigenvalue weighted by Gasteiger charge is -2.28. The fourth-order valence-electron chi connectivity index (χ4n) is 2.26. The molecule has 1 aromatic carbocycles. The Kier molecular flexibility index (Phi) is 5.36. The molecule has 0 spiro atoms. The summed E-state index contributed by atoms with van der Waals surface area (Å²) in [5.74, 6) is 0. The van der Waals surface area contributed by atoms with Crippen LogP contribution >= 0.6 is 0 Å². The molecule has 0 radical (unpaired) electrons. The van der Waals surface area contributed by atoms with Gasteiger partial charge in [0.2, 0.25) is 0 Å². The SMILES string of the molecule is CCN(CCN)C(C)c1ccc(C(C)(C)C)cc1. The molecule has 0 aliphatic rings. The van der Waals surface area contributed by atoms with Crippen LogP contribution in [0, 0.1) is 0 Å². The van der Waals surface area contributed by atoms with E-state index in [0.717, 1.165) is 19.6 Å². The van der Waals surface area contributed by atoms with Crippen molar-refractivity contribution in [3.05, 3.63) is 35.4 Å². The van der Waals surface area contributed by atoms with Gasteiger partial charge in [-0.2, -0.15) is 0 Å². The van der Waals surface area contributed by atoms with Crippen LogP contribution in [0.5, 0.6) is 0 Å². The van der Waals surface area contributed by atoms with E-state index in [1.54, 1.807) is 0 Å². The molecule has 2 N–H and O–H groups in total. The van der Waals surface area contributed by atoms with Crippen LogP contribution in [0.3, 0.4) is 0 Å².